The van der Waals surface area contributed by atoms with Crippen LogP contribution >= 0.6 is 0 Å². The topological polar surface area (TPSA) is 81.2 Å². The first kappa shape index (κ1) is 18.9. The summed E-state index contributed by atoms with van der Waals surface area (Å²) in [4.78, 5) is 25.5. The second-order valence-corrected chi connectivity index (χ2v) is 6.56. The van der Waals surface area contributed by atoms with Crippen LogP contribution in [0.25, 0.3) is 0 Å². The SMILES string of the molecule is CC(C(=O)N1CCc2c(CC(N)=O)cccc2C1)n1ccc(C(F)(F)F)n1. The maximum absolute atomic E-state index is 12.7. The van der Waals surface area contributed by atoms with Crippen LogP contribution in [0.3, 0.4) is 0 Å². The summed E-state index contributed by atoms with van der Waals surface area (Å²) in [5.41, 5.74) is 7.02. The highest BCUT2D eigenvalue weighted by Crippen LogP contribution is 2.29. The molecule has 27 heavy (non-hydrogen) atoms. The summed E-state index contributed by atoms with van der Waals surface area (Å²) in [6, 6.07) is 5.52. The highest BCUT2D eigenvalue weighted by atomic mass is 19.4. The molecule has 2 N–H and O–H groups in total. The summed E-state index contributed by atoms with van der Waals surface area (Å²) in [6.07, 6.45) is -2.69. The Morgan fingerprint density at radius 3 is 2.67 bits per heavy atom. The Bertz CT molecular complexity index is 876. The number of rotatable bonds is 4. The normalized spacial score (nSPS) is 15.3. The highest BCUT2D eigenvalue weighted by molar-refractivity contribution is 5.80. The van der Waals surface area contributed by atoms with E-state index in [0.29, 0.717) is 19.5 Å². The van der Waals surface area contributed by atoms with Gasteiger partial charge in [-0.1, -0.05) is 18.2 Å². The molecule has 1 atom stereocenters. The molecule has 0 radical (unpaired) electrons. The van der Waals surface area contributed by atoms with Crippen molar-refractivity contribution in [3.05, 3.63) is 52.8 Å². The molecule has 0 bridgehead atoms. The van der Waals surface area contributed by atoms with Crippen LogP contribution in [0.4, 0.5) is 13.2 Å². The number of hydrogen-bond donors (Lipinski definition) is 1. The Morgan fingerprint density at radius 1 is 1.30 bits per heavy atom. The molecule has 0 fully saturated rings. The number of nitrogens with two attached hydrogens (primary N) is 1. The fourth-order valence-electron chi connectivity index (χ4n) is 3.31. The first-order chi connectivity index (χ1) is 12.7. The van der Waals surface area contributed by atoms with E-state index in [9.17, 15) is 22.8 Å². The number of halogens is 3. The van der Waals surface area contributed by atoms with E-state index in [4.69, 9.17) is 5.73 Å². The highest BCUT2D eigenvalue weighted by Gasteiger charge is 2.35. The van der Waals surface area contributed by atoms with Gasteiger partial charge in [-0.15, -0.1) is 0 Å². The molecule has 6 nitrogen and oxygen atoms in total. The molecule has 2 heterocycles. The minimum Gasteiger partial charge on any atom is -0.369 e. The number of primary amides is 1. The molecule has 3 rings (SSSR count). The summed E-state index contributed by atoms with van der Waals surface area (Å²) >= 11 is 0. The predicted molar refractivity (Wildman–Crippen MR) is 90.4 cm³/mol. The first-order valence-electron chi connectivity index (χ1n) is 8.46. The zero-order valence-corrected chi connectivity index (χ0v) is 14.7. The average Bonchev–Trinajstić information content (AvgIpc) is 3.10. The van der Waals surface area contributed by atoms with Crippen LogP contribution in [0.2, 0.25) is 0 Å². The third-order valence-corrected chi connectivity index (χ3v) is 4.69. The summed E-state index contributed by atoms with van der Waals surface area (Å²) in [5.74, 6) is -0.729. The lowest BCUT2D eigenvalue weighted by Gasteiger charge is -2.32. The third-order valence-electron chi connectivity index (χ3n) is 4.69. The smallest absolute Gasteiger partial charge is 0.369 e. The van der Waals surface area contributed by atoms with Gasteiger partial charge in [0.2, 0.25) is 11.8 Å². The summed E-state index contributed by atoms with van der Waals surface area (Å²) in [5, 5.41) is 3.48. The first-order valence-corrected chi connectivity index (χ1v) is 8.46. The number of carbonyl (C=O) groups is 2. The molecule has 1 aliphatic heterocycles. The van der Waals surface area contributed by atoms with Crippen LogP contribution in [0, 0.1) is 0 Å². The molecule has 1 aromatic heterocycles. The Balaban J connectivity index is 1.76. The largest absolute Gasteiger partial charge is 0.435 e. The van der Waals surface area contributed by atoms with Crippen LogP contribution < -0.4 is 5.73 Å². The molecule has 1 aliphatic rings. The van der Waals surface area contributed by atoms with Crippen molar-refractivity contribution in [3.63, 3.8) is 0 Å². The summed E-state index contributed by atoms with van der Waals surface area (Å²) < 4.78 is 39.2. The predicted octanol–water partition coefficient (Wildman–Crippen LogP) is 2.08. The van der Waals surface area contributed by atoms with Gasteiger partial charge in [-0.25, -0.2) is 0 Å². The van der Waals surface area contributed by atoms with E-state index in [1.807, 2.05) is 12.1 Å². The molecule has 0 aliphatic carbocycles. The molecule has 144 valence electrons. The van der Waals surface area contributed by atoms with Gasteiger partial charge in [0, 0.05) is 19.3 Å². The molecule has 2 amide bonds. The zero-order chi connectivity index (χ0) is 19.8. The molecule has 0 spiro atoms. The molecule has 9 heteroatoms. The monoisotopic (exact) mass is 380 g/mol. The Hall–Kier alpha value is -2.84. The Labute approximate surface area is 153 Å². The molecule has 1 unspecified atom stereocenters. The van der Waals surface area contributed by atoms with Crippen molar-refractivity contribution in [2.24, 2.45) is 5.73 Å². The fourth-order valence-corrected chi connectivity index (χ4v) is 3.31. The van der Waals surface area contributed by atoms with Gasteiger partial charge in [0.05, 0.1) is 6.42 Å². The number of amides is 2. The maximum Gasteiger partial charge on any atom is 0.435 e. The zero-order valence-electron chi connectivity index (χ0n) is 14.7. The maximum atomic E-state index is 12.7. The van der Waals surface area contributed by atoms with Gasteiger partial charge in [-0.3, -0.25) is 14.3 Å². The Kier molecular flexibility index (Phi) is 4.95. The van der Waals surface area contributed by atoms with E-state index < -0.39 is 23.8 Å². The second kappa shape index (κ2) is 7.05. The standard InChI is InChI=1S/C18H19F3N4O2/c1-11(25-8-6-15(23-25)18(19,20)21)17(27)24-7-5-14-12(9-16(22)26)3-2-4-13(14)10-24/h2-4,6,8,11H,5,7,9-10H2,1H3,(H2,22,26). The minimum absolute atomic E-state index is 0.140. The van der Waals surface area contributed by atoms with Crippen LogP contribution in [0.15, 0.2) is 30.5 Å². The van der Waals surface area contributed by atoms with E-state index in [0.717, 1.165) is 33.6 Å². The van der Waals surface area contributed by atoms with Crippen molar-refractivity contribution in [2.75, 3.05) is 6.54 Å². The van der Waals surface area contributed by atoms with Gasteiger partial charge in [0.1, 0.15) is 6.04 Å². The Morgan fingerprint density at radius 2 is 2.04 bits per heavy atom. The number of nitrogens with zero attached hydrogens (tertiary/aromatic N) is 3. The van der Waals surface area contributed by atoms with Crippen molar-refractivity contribution in [1.82, 2.24) is 14.7 Å². The van der Waals surface area contributed by atoms with E-state index in [1.165, 1.54) is 6.92 Å². The van der Waals surface area contributed by atoms with Gasteiger partial charge < -0.3 is 10.6 Å². The van der Waals surface area contributed by atoms with Gasteiger partial charge in [-0.05, 0) is 36.1 Å². The van der Waals surface area contributed by atoms with E-state index >= 15 is 0 Å². The second-order valence-electron chi connectivity index (χ2n) is 6.56. The van der Waals surface area contributed by atoms with E-state index in [1.54, 1.807) is 11.0 Å². The molecule has 1 aromatic carbocycles. The number of carbonyl (C=O) groups excluding carboxylic acids is 2. The third kappa shape index (κ3) is 3.96. The van der Waals surface area contributed by atoms with Crippen molar-refractivity contribution >= 4 is 11.8 Å². The molecular formula is C18H19F3N4O2. The minimum atomic E-state index is -4.55. The van der Waals surface area contributed by atoms with Crippen LogP contribution in [0.5, 0.6) is 0 Å². The van der Waals surface area contributed by atoms with Crippen molar-refractivity contribution in [2.45, 2.75) is 38.5 Å². The number of alkyl halides is 3. The average molecular weight is 380 g/mol. The molecule has 0 saturated heterocycles. The van der Waals surface area contributed by atoms with Crippen LogP contribution in [-0.4, -0.2) is 33.0 Å². The van der Waals surface area contributed by atoms with Crippen molar-refractivity contribution in [3.8, 4) is 0 Å². The van der Waals surface area contributed by atoms with E-state index in [-0.39, 0.29) is 12.3 Å². The molecular weight excluding hydrogens is 361 g/mol. The number of aromatic nitrogens is 2. The number of hydrogen-bond acceptors (Lipinski definition) is 3. The molecule has 2 aromatic rings. The van der Waals surface area contributed by atoms with Gasteiger partial charge in [0.25, 0.3) is 0 Å². The number of fused-ring (bicyclic) bond motifs is 1. The van der Waals surface area contributed by atoms with E-state index in [2.05, 4.69) is 5.10 Å². The lowest BCUT2D eigenvalue weighted by atomic mass is 9.92. The quantitative estimate of drug-likeness (QED) is 0.882. The van der Waals surface area contributed by atoms with Gasteiger partial charge in [-0.2, -0.15) is 18.3 Å². The summed E-state index contributed by atoms with van der Waals surface area (Å²) in [7, 11) is 0. The fraction of sp³-hybridized carbons (Fsp3) is 0.389. The van der Waals surface area contributed by atoms with Crippen LogP contribution in [0.1, 0.15) is 35.3 Å². The van der Waals surface area contributed by atoms with Crippen molar-refractivity contribution < 1.29 is 22.8 Å². The molecule has 0 saturated carbocycles. The van der Waals surface area contributed by atoms with Crippen LogP contribution in [-0.2, 0) is 35.2 Å². The lowest BCUT2D eigenvalue weighted by Crippen LogP contribution is -2.40. The summed E-state index contributed by atoms with van der Waals surface area (Å²) in [6.45, 7) is 2.27. The number of benzene rings is 1. The lowest BCUT2D eigenvalue weighted by molar-refractivity contribution is -0.142. The van der Waals surface area contributed by atoms with Gasteiger partial charge in [0.15, 0.2) is 5.69 Å². The van der Waals surface area contributed by atoms with Gasteiger partial charge >= 0.3 is 6.18 Å². The van der Waals surface area contributed by atoms with Crippen molar-refractivity contribution in [1.29, 1.82) is 0 Å².